The summed E-state index contributed by atoms with van der Waals surface area (Å²) in [5.74, 6) is 0. The molecule has 3 N–H and O–H groups in total. The maximum atomic E-state index is 9.62. The van der Waals surface area contributed by atoms with Crippen molar-refractivity contribution in [3.63, 3.8) is 0 Å². The average molecular weight is 603 g/mol. The fourth-order valence-electron chi connectivity index (χ4n) is 2.66. The predicted octanol–water partition coefficient (Wildman–Crippen LogP) is 6.08. The third-order valence-corrected chi connectivity index (χ3v) is 5.65. The molecular weight excluding hydrogens is 588 g/mol. The molecule has 4 rings (SSSR count). The van der Waals surface area contributed by atoms with E-state index in [4.69, 9.17) is 10.2 Å². The van der Waals surface area contributed by atoms with E-state index in [1.165, 1.54) is 23.3 Å². The van der Waals surface area contributed by atoms with Crippen LogP contribution >= 0.6 is 23.3 Å². The first-order valence-electron chi connectivity index (χ1n) is 8.56. The van der Waals surface area contributed by atoms with Crippen molar-refractivity contribution in [1.82, 2.24) is 9.97 Å². The topological polar surface area (TPSA) is 111 Å². The number of hydrogen-bond donors (Lipinski definition) is 2. The molecule has 150 valence electrons. The van der Waals surface area contributed by atoms with E-state index >= 15 is 0 Å². The Morgan fingerprint density at radius 3 is 2.80 bits per heavy atom. The number of aromatic nitrogens is 2. The van der Waals surface area contributed by atoms with Crippen molar-refractivity contribution in [1.29, 1.82) is 5.26 Å². The van der Waals surface area contributed by atoms with Gasteiger partial charge < -0.3 is 20.2 Å². The van der Waals surface area contributed by atoms with E-state index < -0.39 is 0 Å². The first kappa shape index (κ1) is 22.1. The van der Waals surface area contributed by atoms with E-state index in [0.29, 0.717) is 16.9 Å². The number of thiazole rings is 1. The van der Waals surface area contributed by atoms with Crippen molar-refractivity contribution in [3.8, 4) is 17.2 Å². The smallest absolute Gasteiger partial charge is 0.192 e. The van der Waals surface area contributed by atoms with Crippen molar-refractivity contribution in [2.75, 3.05) is 10.0 Å². The molecule has 0 unspecified atom stereocenters. The summed E-state index contributed by atoms with van der Waals surface area (Å²) in [4.78, 5) is 9.39. The zero-order chi connectivity index (χ0) is 20.1. The molecule has 0 saturated heterocycles. The second-order valence-electron chi connectivity index (χ2n) is 5.90. The zero-order valence-corrected chi connectivity index (χ0v) is 20.0. The van der Waals surface area contributed by atoms with Crippen LogP contribution in [0.2, 0.25) is 0 Å². The Hall–Kier alpha value is -2.63. The summed E-state index contributed by atoms with van der Waals surface area (Å²) >= 11 is 2.91. The summed E-state index contributed by atoms with van der Waals surface area (Å²) in [6.45, 7) is 0.0899. The number of nitriles is 1. The van der Waals surface area contributed by atoms with Gasteiger partial charge in [-0.05, 0) is 42.3 Å². The van der Waals surface area contributed by atoms with E-state index in [9.17, 15) is 5.26 Å². The van der Waals surface area contributed by atoms with Gasteiger partial charge in [0, 0.05) is 54.4 Å². The Labute approximate surface area is 196 Å². The quantitative estimate of drug-likeness (QED) is 0.246. The van der Waals surface area contributed by atoms with Crippen LogP contribution in [0.15, 0.2) is 69.9 Å². The Balaban J connectivity index is 0.00000256. The molecule has 0 aliphatic heterocycles. The van der Waals surface area contributed by atoms with Gasteiger partial charge in [0.25, 0.3) is 0 Å². The molecule has 3 aromatic heterocycles. The number of rotatable bonds is 7. The van der Waals surface area contributed by atoms with Gasteiger partial charge >= 0.3 is 0 Å². The first-order valence-corrected chi connectivity index (χ1v) is 10.3. The molecular formula is C20H15N6OS2W-. The van der Waals surface area contributed by atoms with Gasteiger partial charge in [-0.3, -0.25) is 4.98 Å². The van der Waals surface area contributed by atoms with Gasteiger partial charge in [-0.1, -0.05) is 0 Å². The second kappa shape index (κ2) is 10.4. The molecule has 4 aromatic rings. The van der Waals surface area contributed by atoms with Gasteiger partial charge in [-0.2, -0.15) is 5.26 Å². The molecule has 0 aliphatic rings. The van der Waals surface area contributed by atoms with E-state index in [1.807, 2.05) is 35.7 Å². The van der Waals surface area contributed by atoms with Gasteiger partial charge in [0.1, 0.15) is 6.07 Å². The van der Waals surface area contributed by atoms with Crippen molar-refractivity contribution in [3.05, 3.63) is 77.6 Å². The van der Waals surface area contributed by atoms with Crippen molar-refractivity contribution < 1.29 is 25.5 Å². The van der Waals surface area contributed by atoms with Crippen LogP contribution in [0.4, 0.5) is 16.5 Å². The van der Waals surface area contributed by atoms with Gasteiger partial charge in [-0.15, -0.1) is 17.9 Å². The summed E-state index contributed by atoms with van der Waals surface area (Å²) in [6, 6.07) is 11.6. The molecule has 7 nitrogen and oxygen atoms in total. The number of nitrogens with one attached hydrogen (secondary N) is 3. The standard InChI is InChI=1S/C20H15N6OS2.W/c21-9-14-7-16(29-26-20-23-4-6-28-20)1-2-18(14)25-19-11-24-15(10-22)8-17(19)13-3-5-27-12-13;/h1-8,11-12,22,25H,10H2,(H,23,26);/q-1;. The van der Waals surface area contributed by atoms with Gasteiger partial charge in [0.2, 0.25) is 0 Å². The van der Waals surface area contributed by atoms with Crippen LogP contribution in [0.1, 0.15) is 11.3 Å². The summed E-state index contributed by atoms with van der Waals surface area (Å²) in [5.41, 5.74) is 11.9. The van der Waals surface area contributed by atoms with Crippen LogP contribution in [0.3, 0.4) is 0 Å². The minimum absolute atomic E-state index is 0. The number of furan rings is 1. The average Bonchev–Trinajstić information content (AvgIpc) is 3.47. The molecule has 0 fully saturated rings. The normalized spacial score (nSPS) is 10.1. The number of pyridine rings is 1. The molecule has 0 radical (unpaired) electrons. The number of hydrogen-bond acceptors (Lipinski definition) is 8. The van der Waals surface area contributed by atoms with Crippen LogP contribution < -0.4 is 10.0 Å². The molecule has 0 spiro atoms. The molecule has 30 heavy (non-hydrogen) atoms. The Bertz CT molecular complexity index is 1140. The van der Waals surface area contributed by atoms with E-state index in [0.717, 1.165) is 26.8 Å². The Morgan fingerprint density at radius 2 is 2.10 bits per heavy atom. The first-order chi connectivity index (χ1) is 14.3. The molecule has 0 saturated carbocycles. The van der Waals surface area contributed by atoms with Crippen LogP contribution in [-0.4, -0.2) is 9.97 Å². The van der Waals surface area contributed by atoms with Crippen molar-refractivity contribution in [2.45, 2.75) is 11.4 Å². The van der Waals surface area contributed by atoms with Crippen molar-refractivity contribution >= 4 is 39.8 Å². The number of nitrogens with zero attached hydrogens (tertiary/aromatic N) is 3. The molecule has 10 heteroatoms. The van der Waals surface area contributed by atoms with Crippen LogP contribution in [0.25, 0.3) is 16.9 Å². The van der Waals surface area contributed by atoms with Crippen LogP contribution in [-0.2, 0) is 27.6 Å². The van der Waals surface area contributed by atoms with Crippen LogP contribution in [0, 0.1) is 11.3 Å². The fourth-order valence-corrected chi connectivity index (χ4v) is 3.92. The summed E-state index contributed by atoms with van der Waals surface area (Å²) in [7, 11) is 0. The summed E-state index contributed by atoms with van der Waals surface area (Å²) < 4.78 is 8.36. The number of anilines is 3. The van der Waals surface area contributed by atoms with E-state index in [1.54, 1.807) is 24.9 Å². The molecule has 1 aromatic carbocycles. The molecule has 0 aliphatic carbocycles. The second-order valence-corrected chi connectivity index (χ2v) is 7.67. The third kappa shape index (κ3) is 5.10. The molecule has 0 bridgehead atoms. The third-order valence-electron chi connectivity index (χ3n) is 4.04. The van der Waals surface area contributed by atoms with Crippen molar-refractivity contribution in [2.24, 2.45) is 0 Å². The molecule has 0 amide bonds. The van der Waals surface area contributed by atoms with Gasteiger partial charge in [0.15, 0.2) is 5.13 Å². The SMILES string of the molecule is N#Cc1cc(SNc2nccs2)ccc1Nc1cnc(C[NH-])cc1-c1ccoc1.[W]. The van der Waals surface area contributed by atoms with E-state index in [-0.39, 0.29) is 27.6 Å². The largest absolute Gasteiger partial charge is 0.672 e. The summed E-state index contributed by atoms with van der Waals surface area (Å²) in [6.07, 6.45) is 6.66. The van der Waals surface area contributed by atoms with Crippen LogP contribution in [0.5, 0.6) is 0 Å². The molecule has 3 heterocycles. The van der Waals surface area contributed by atoms with Gasteiger partial charge in [-0.25, -0.2) is 4.98 Å². The maximum absolute atomic E-state index is 9.62. The number of benzene rings is 1. The Kier molecular flexibility index (Phi) is 7.66. The molecule has 0 atom stereocenters. The fraction of sp³-hybridized carbons (Fsp3) is 0.0500. The zero-order valence-electron chi connectivity index (χ0n) is 15.5. The Morgan fingerprint density at radius 1 is 1.20 bits per heavy atom. The van der Waals surface area contributed by atoms with Gasteiger partial charge in [0.05, 0.1) is 35.7 Å². The monoisotopic (exact) mass is 603 g/mol. The maximum Gasteiger partial charge on any atom is 0.192 e. The predicted molar refractivity (Wildman–Crippen MR) is 116 cm³/mol. The minimum Gasteiger partial charge on any atom is -0.672 e. The minimum atomic E-state index is 0. The summed E-state index contributed by atoms with van der Waals surface area (Å²) in [5, 5.41) is 15.6. The van der Waals surface area contributed by atoms with E-state index in [2.05, 4.69) is 26.1 Å².